The molecule has 1 amide bonds. The lowest BCUT2D eigenvalue weighted by Crippen LogP contribution is -2.12. The van der Waals surface area contributed by atoms with Crippen LogP contribution in [-0.2, 0) is 11.4 Å². The van der Waals surface area contributed by atoms with Crippen molar-refractivity contribution in [3.05, 3.63) is 84.4 Å². The van der Waals surface area contributed by atoms with E-state index < -0.39 is 0 Å². The van der Waals surface area contributed by atoms with Crippen molar-refractivity contribution < 1.29 is 14.3 Å². The number of hydrogen-bond acceptors (Lipinski definition) is 7. The molecule has 8 nitrogen and oxygen atoms in total. The van der Waals surface area contributed by atoms with Gasteiger partial charge in [0.05, 0.1) is 28.5 Å². The van der Waals surface area contributed by atoms with Crippen LogP contribution >= 0.6 is 11.6 Å². The third-order valence-corrected chi connectivity index (χ3v) is 6.72. The number of hydrogen-bond donors (Lipinski definition) is 2. The summed E-state index contributed by atoms with van der Waals surface area (Å²) in [6.45, 7) is 4.48. The molecule has 1 fully saturated rings. The van der Waals surface area contributed by atoms with E-state index in [0.29, 0.717) is 58.1 Å². The van der Waals surface area contributed by atoms with Gasteiger partial charge in [0, 0.05) is 23.3 Å². The van der Waals surface area contributed by atoms with Crippen molar-refractivity contribution in [3.63, 3.8) is 0 Å². The number of benzene rings is 2. The van der Waals surface area contributed by atoms with Crippen LogP contribution in [-0.4, -0.2) is 27.5 Å². The van der Waals surface area contributed by atoms with Crippen molar-refractivity contribution in [2.75, 3.05) is 17.2 Å². The molecule has 5 rings (SSSR count). The van der Waals surface area contributed by atoms with E-state index in [9.17, 15) is 4.79 Å². The second-order valence-corrected chi connectivity index (χ2v) is 9.53. The van der Waals surface area contributed by atoms with E-state index in [2.05, 4.69) is 32.2 Å². The molecule has 1 aliphatic carbocycles. The number of nitrogens with one attached hydrogen (secondary N) is 2. The number of nitrogens with zero attached hydrogens (tertiary/aromatic N) is 3. The zero-order chi connectivity index (χ0) is 26.3. The fraction of sp³-hybridized carbons (Fsp3) is 0.241. The van der Waals surface area contributed by atoms with Gasteiger partial charge in [-0.25, -0.2) is 9.97 Å². The predicted octanol–water partition coefficient (Wildman–Crippen LogP) is 6.69. The van der Waals surface area contributed by atoms with Gasteiger partial charge in [-0.2, -0.15) is 0 Å². The molecule has 9 heteroatoms. The van der Waals surface area contributed by atoms with Crippen molar-refractivity contribution in [1.82, 2.24) is 15.0 Å². The second kappa shape index (κ2) is 11.9. The van der Waals surface area contributed by atoms with Crippen molar-refractivity contribution in [1.29, 1.82) is 0 Å². The Morgan fingerprint density at radius 3 is 2.68 bits per heavy atom. The molecule has 2 aromatic heterocycles. The van der Waals surface area contributed by atoms with Gasteiger partial charge in [-0.05, 0) is 61.2 Å². The molecule has 0 radical (unpaired) electrons. The number of halogens is 1. The van der Waals surface area contributed by atoms with Crippen LogP contribution in [0.25, 0.3) is 10.9 Å². The third kappa shape index (κ3) is 6.20. The molecule has 2 N–H and O–H groups in total. The molecule has 0 saturated heterocycles. The second-order valence-electron chi connectivity index (χ2n) is 9.12. The lowest BCUT2D eigenvalue weighted by atomic mass is 10.1. The van der Waals surface area contributed by atoms with Gasteiger partial charge >= 0.3 is 0 Å². The SMILES string of the molecule is C=CC(=O)Nc1cc2c(Nc3ccc(OCc4ccccn4)c(Cl)c3)ncnc2cc1OCC1CCCC1. The van der Waals surface area contributed by atoms with Gasteiger partial charge in [0.2, 0.25) is 5.91 Å². The number of amides is 1. The zero-order valence-corrected chi connectivity index (χ0v) is 21.6. The Hall–Kier alpha value is -4.17. The Bertz CT molecular complexity index is 1440. The fourth-order valence-electron chi connectivity index (χ4n) is 4.44. The van der Waals surface area contributed by atoms with E-state index in [0.717, 1.165) is 24.2 Å². The first-order valence-corrected chi connectivity index (χ1v) is 12.9. The summed E-state index contributed by atoms with van der Waals surface area (Å²) >= 11 is 6.50. The number of anilines is 3. The van der Waals surface area contributed by atoms with E-state index in [-0.39, 0.29) is 5.91 Å². The van der Waals surface area contributed by atoms with Gasteiger partial charge in [-0.15, -0.1) is 0 Å². The van der Waals surface area contributed by atoms with Crippen LogP contribution in [0.4, 0.5) is 17.2 Å². The van der Waals surface area contributed by atoms with Crippen molar-refractivity contribution in [2.24, 2.45) is 5.92 Å². The molecule has 0 unspecified atom stereocenters. The van der Waals surface area contributed by atoms with Gasteiger partial charge < -0.3 is 20.1 Å². The van der Waals surface area contributed by atoms with Crippen LogP contribution in [0.3, 0.4) is 0 Å². The average molecular weight is 530 g/mol. The van der Waals surface area contributed by atoms with Crippen LogP contribution in [0.2, 0.25) is 5.02 Å². The summed E-state index contributed by atoms with van der Waals surface area (Å²) in [6, 6.07) is 14.7. The summed E-state index contributed by atoms with van der Waals surface area (Å²) in [5, 5.41) is 7.32. The van der Waals surface area contributed by atoms with Crippen LogP contribution < -0.4 is 20.1 Å². The average Bonchev–Trinajstić information content (AvgIpc) is 3.46. The van der Waals surface area contributed by atoms with E-state index in [4.69, 9.17) is 21.1 Å². The smallest absolute Gasteiger partial charge is 0.247 e. The molecular weight excluding hydrogens is 502 g/mol. The van der Waals surface area contributed by atoms with Crippen LogP contribution in [0.1, 0.15) is 31.4 Å². The van der Waals surface area contributed by atoms with E-state index >= 15 is 0 Å². The molecule has 194 valence electrons. The molecule has 1 saturated carbocycles. The number of rotatable bonds is 10. The first-order valence-electron chi connectivity index (χ1n) is 12.5. The maximum absolute atomic E-state index is 12.2. The standard InChI is InChI=1S/C29H28ClN5O3/c1-2-28(36)35-25-14-22-24(15-27(25)37-16-19-7-3-4-8-19)32-18-33-29(22)34-20-10-11-26(23(30)13-20)38-17-21-9-5-6-12-31-21/h2,5-6,9-15,18-19H,1,3-4,7-8,16-17H2,(H,35,36)(H,32,33,34). The quantitative estimate of drug-likeness (QED) is 0.221. The lowest BCUT2D eigenvalue weighted by molar-refractivity contribution is -0.111. The number of carbonyl (C=O) groups excluding carboxylic acids is 1. The summed E-state index contributed by atoms with van der Waals surface area (Å²) in [7, 11) is 0. The zero-order valence-electron chi connectivity index (χ0n) is 20.8. The summed E-state index contributed by atoms with van der Waals surface area (Å²) in [4.78, 5) is 25.3. The maximum atomic E-state index is 12.2. The molecule has 2 aromatic carbocycles. The topological polar surface area (TPSA) is 98.3 Å². The molecule has 0 atom stereocenters. The van der Waals surface area contributed by atoms with Gasteiger partial charge in [-0.3, -0.25) is 9.78 Å². The van der Waals surface area contributed by atoms with Crippen LogP contribution in [0.15, 0.2) is 73.7 Å². The minimum Gasteiger partial charge on any atom is -0.491 e. The summed E-state index contributed by atoms with van der Waals surface area (Å²) in [5.41, 5.74) is 2.75. The van der Waals surface area contributed by atoms with Crippen molar-refractivity contribution in [3.8, 4) is 11.5 Å². The summed E-state index contributed by atoms with van der Waals surface area (Å²) in [6.07, 6.45) is 9.22. The molecule has 38 heavy (non-hydrogen) atoms. The number of ether oxygens (including phenoxy) is 2. The van der Waals surface area contributed by atoms with E-state index in [1.807, 2.05) is 36.4 Å². The first kappa shape index (κ1) is 25.5. The number of pyridine rings is 1. The molecule has 4 aromatic rings. The minimum atomic E-state index is -0.325. The predicted molar refractivity (Wildman–Crippen MR) is 149 cm³/mol. The van der Waals surface area contributed by atoms with Crippen molar-refractivity contribution >= 4 is 45.6 Å². The normalized spacial score (nSPS) is 13.3. The molecule has 0 aliphatic heterocycles. The Morgan fingerprint density at radius 1 is 1.05 bits per heavy atom. The number of carbonyl (C=O) groups is 1. The molecule has 0 bridgehead atoms. The van der Waals surface area contributed by atoms with Crippen molar-refractivity contribution in [2.45, 2.75) is 32.3 Å². The van der Waals surface area contributed by atoms with E-state index in [1.165, 1.54) is 25.2 Å². The minimum absolute atomic E-state index is 0.314. The highest BCUT2D eigenvalue weighted by molar-refractivity contribution is 6.32. The molecule has 0 spiro atoms. The first-order chi connectivity index (χ1) is 18.6. The monoisotopic (exact) mass is 529 g/mol. The van der Waals surface area contributed by atoms with Gasteiger partial charge in [0.15, 0.2) is 0 Å². The molecular formula is C29H28ClN5O3. The number of fused-ring (bicyclic) bond motifs is 1. The van der Waals surface area contributed by atoms with Crippen LogP contribution in [0, 0.1) is 5.92 Å². The maximum Gasteiger partial charge on any atom is 0.247 e. The highest BCUT2D eigenvalue weighted by atomic mass is 35.5. The highest BCUT2D eigenvalue weighted by Crippen LogP contribution is 2.36. The highest BCUT2D eigenvalue weighted by Gasteiger charge is 2.18. The molecule has 2 heterocycles. The van der Waals surface area contributed by atoms with Gasteiger partial charge in [-0.1, -0.05) is 37.1 Å². The summed E-state index contributed by atoms with van der Waals surface area (Å²) < 4.78 is 12.0. The Kier molecular flexibility index (Phi) is 7.99. The van der Waals surface area contributed by atoms with Crippen LogP contribution in [0.5, 0.6) is 11.5 Å². The third-order valence-electron chi connectivity index (χ3n) is 6.43. The Morgan fingerprint density at radius 2 is 1.92 bits per heavy atom. The summed E-state index contributed by atoms with van der Waals surface area (Å²) in [5.74, 6) is 1.88. The Balaban J connectivity index is 1.38. The number of aromatic nitrogens is 3. The van der Waals surface area contributed by atoms with Gasteiger partial charge in [0.1, 0.15) is 30.3 Å². The fourth-order valence-corrected chi connectivity index (χ4v) is 4.67. The lowest BCUT2D eigenvalue weighted by Gasteiger charge is -2.17. The van der Waals surface area contributed by atoms with Gasteiger partial charge in [0.25, 0.3) is 0 Å². The Labute approximate surface area is 226 Å². The van der Waals surface area contributed by atoms with E-state index in [1.54, 1.807) is 18.3 Å². The molecule has 1 aliphatic rings. The largest absolute Gasteiger partial charge is 0.491 e.